The Bertz CT molecular complexity index is 705. The molecular weight excluding hydrogens is 370 g/mol. The lowest BCUT2D eigenvalue weighted by atomic mass is 9.92. The van der Waals surface area contributed by atoms with Gasteiger partial charge < -0.3 is 10.4 Å². The van der Waals surface area contributed by atoms with Crippen LogP contribution in [0.1, 0.15) is 82.5 Å². The topological polar surface area (TPSA) is 117 Å². The first kappa shape index (κ1) is 22.8. The number of carboxylic acid groups (broad SMARTS) is 1. The number of aromatic nitrogens is 2. The lowest BCUT2D eigenvalue weighted by Crippen LogP contribution is -2.49. The summed E-state index contributed by atoms with van der Waals surface area (Å²) in [6.07, 6.45) is 9.37. The highest BCUT2D eigenvalue weighted by molar-refractivity contribution is 5.97. The van der Waals surface area contributed by atoms with Crippen LogP contribution in [0.3, 0.4) is 0 Å². The van der Waals surface area contributed by atoms with E-state index in [9.17, 15) is 9.59 Å². The van der Waals surface area contributed by atoms with Gasteiger partial charge in [0.05, 0.1) is 12.5 Å². The summed E-state index contributed by atoms with van der Waals surface area (Å²) >= 11 is 0. The normalized spacial score (nSPS) is 19.8. The summed E-state index contributed by atoms with van der Waals surface area (Å²) in [6, 6.07) is 0.537. The number of carbonyl (C=O) groups excluding carboxylic acids is 1. The Kier molecular flexibility index (Phi) is 9.02. The number of unbranched alkanes of at least 4 members (excludes halogenated alkanes) is 3. The molecule has 0 aliphatic carbocycles. The summed E-state index contributed by atoms with van der Waals surface area (Å²) < 4.78 is 0. The lowest BCUT2D eigenvalue weighted by molar-refractivity contribution is -0.137. The highest BCUT2D eigenvalue weighted by atomic mass is 16.4. The number of nitrogens with one attached hydrogen (secondary N) is 2. The van der Waals surface area contributed by atoms with Crippen LogP contribution < -0.4 is 10.6 Å². The molecule has 3 unspecified atom stereocenters. The van der Waals surface area contributed by atoms with Crippen LogP contribution in [-0.2, 0) is 9.59 Å². The first-order chi connectivity index (χ1) is 13.8. The van der Waals surface area contributed by atoms with Crippen molar-refractivity contribution in [2.45, 2.75) is 90.1 Å². The third-order valence-electron chi connectivity index (χ3n) is 5.08. The van der Waals surface area contributed by atoms with Crippen molar-refractivity contribution in [2.24, 2.45) is 4.99 Å². The summed E-state index contributed by atoms with van der Waals surface area (Å²) in [5.74, 6) is 0.362. The molecule has 1 aromatic heterocycles. The van der Waals surface area contributed by atoms with Gasteiger partial charge in [0, 0.05) is 24.9 Å². The lowest BCUT2D eigenvalue weighted by Gasteiger charge is -2.25. The van der Waals surface area contributed by atoms with E-state index in [0.29, 0.717) is 24.2 Å². The molecule has 8 nitrogen and oxygen atoms in total. The molecule has 0 saturated carbocycles. The van der Waals surface area contributed by atoms with E-state index in [0.717, 1.165) is 44.1 Å². The molecule has 160 valence electrons. The maximum Gasteiger partial charge on any atom is 0.303 e. The second-order valence-electron chi connectivity index (χ2n) is 7.97. The molecule has 8 heteroatoms. The second kappa shape index (κ2) is 11.5. The van der Waals surface area contributed by atoms with E-state index in [4.69, 9.17) is 5.11 Å². The SMILES string of the molecule is Cc1ncc(C(CCCCCCC(=O)NC2=NC(C)CC(C)N2)CC(=O)O)cn1. The minimum Gasteiger partial charge on any atom is -0.481 e. The van der Waals surface area contributed by atoms with Gasteiger partial charge in [0.15, 0.2) is 5.96 Å². The number of hydrogen-bond donors (Lipinski definition) is 3. The summed E-state index contributed by atoms with van der Waals surface area (Å²) in [5, 5.41) is 15.2. The first-order valence-corrected chi connectivity index (χ1v) is 10.5. The highest BCUT2D eigenvalue weighted by Gasteiger charge is 2.18. The van der Waals surface area contributed by atoms with Crippen LogP contribution in [-0.4, -0.2) is 45.0 Å². The number of aliphatic carboxylic acids is 1. The van der Waals surface area contributed by atoms with Crippen LogP contribution in [0.25, 0.3) is 0 Å². The molecule has 2 heterocycles. The third-order valence-corrected chi connectivity index (χ3v) is 5.08. The van der Waals surface area contributed by atoms with E-state index in [2.05, 4.69) is 32.5 Å². The average molecular weight is 404 g/mol. The van der Waals surface area contributed by atoms with Crippen LogP contribution in [0, 0.1) is 6.92 Å². The van der Waals surface area contributed by atoms with E-state index in [1.54, 1.807) is 12.4 Å². The Morgan fingerprint density at radius 3 is 2.55 bits per heavy atom. The Morgan fingerprint density at radius 1 is 1.21 bits per heavy atom. The van der Waals surface area contributed by atoms with Gasteiger partial charge in [-0.25, -0.2) is 15.0 Å². The van der Waals surface area contributed by atoms with Crippen molar-refractivity contribution < 1.29 is 14.7 Å². The predicted octanol–water partition coefficient (Wildman–Crippen LogP) is 2.93. The van der Waals surface area contributed by atoms with Crippen molar-refractivity contribution in [1.29, 1.82) is 0 Å². The van der Waals surface area contributed by atoms with E-state index in [1.165, 1.54) is 0 Å². The number of carboxylic acids is 1. The Labute approximate surface area is 172 Å². The molecule has 1 aromatic rings. The van der Waals surface area contributed by atoms with Crippen molar-refractivity contribution in [3.63, 3.8) is 0 Å². The van der Waals surface area contributed by atoms with Crippen LogP contribution in [0.2, 0.25) is 0 Å². The number of aryl methyl sites for hydroxylation is 1. The Morgan fingerprint density at radius 2 is 1.90 bits per heavy atom. The summed E-state index contributed by atoms with van der Waals surface area (Å²) in [7, 11) is 0. The smallest absolute Gasteiger partial charge is 0.303 e. The first-order valence-electron chi connectivity index (χ1n) is 10.5. The molecule has 0 bridgehead atoms. The van der Waals surface area contributed by atoms with E-state index in [1.807, 2.05) is 13.8 Å². The van der Waals surface area contributed by atoms with Crippen LogP contribution in [0.15, 0.2) is 17.4 Å². The van der Waals surface area contributed by atoms with Gasteiger partial charge in [-0.2, -0.15) is 0 Å². The Hall–Kier alpha value is -2.51. The summed E-state index contributed by atoms with van der Waals surface area (Å²) in [5.41, 5.74) is 0.876. The standard InChI is InChI=1S/C21H33N5O3/c1-14-10-15(2)25-21(24-14)26-19(27)9-7-5-4-6-8-17(11-20(28)29)18-12-22-16(3)23-13-18/h12-15,17H,4-11H2,1-3H3,(H,28,29)(H2,24,25,26,27). The average Bonchev–Trinajstić information content (AvgIpc) is 2.63. The number of amides is 1. The summed E-state index contributed by atoms with van der Waals surface area (Å²) in [6.45, 7) is 5.94. The molecule has 0 saturated heterocycles. The van der Waals surface area contributed by atoms with Crippen molar-refractivity contribution >= 4 is 17.8 Å². The maximum atomic E-state index is 12.1. The summed E-state index contributed by atoms with van der Waals surface area (Å²) in [4.78, 5) is 36.0. The van der Waals surface area contributed by atoms with E-state index in [-0.39, 0.29) is 24.3 Å². The fraction of sp³-hybridized carbons (Fsp3) is 0.667. The minimum absolute atomic E-state index is 0.0156. The van der Waals surface area contributed by atoms with Gasteiger partial charge in [-0.15, -0.1) is 0 Å². The van der Waals surface area contributed by atoms with Crippen molar-refractivity contribution in [3.05, 3.63) is 23.8 Å². The van der Waals surface area contributed by atoms with E-state index >= 15 is 0 Å². The monoisotopic (exact) mass is 403 g/mol. The highest BCUT2D eigenvalue weighted by Crippen LogP contribution is 2.25. The van der Waals surface area contributed by atoms with Gasteiger partial charge in [-0.3, -0.25) is 14.9 Å². The number of carbonyl (C=O) groups is 2. The van der Waals surface area contributed by atoms with Gasteiger partial charge in [-0.1, -0.05) is 19.3 Å². The van der Waals surface area contributed by atoms with Crippen LogP contribution in [0.5, 0.6) is 0 Å². The quantitative estimate of drug-likeness (QED) is 0.517. The molecule has 3 atom stereocenters. The van der Waals surface area contributed by atoms with Gasteiger partial charge in [0.2, 0.25) is 5.91 Å². The van der Waals surface area contributed by atoms with Crippen molar-refractivity contribution in [1.82, 2.24) is 20.6 Å². The van der Waals surface area contributed by atoms with Crippen LogP contribution in [0.4, 0.5) is 0 Å². The minimum atomic E-state index is -0.810. The van der Waals surface area contributed by atoms with Crippen LogP contribution >= 0.6 is 0 Å². The molecule has 0 aromatic carbocycles. The Balaban J connectivity index is 1.66. The number of guanidine groups is 1. The number of hydrogen-bond acceptors (Lipinski definition) is 6. The molecular formula is C21H33N5O3. The molecule has 0 spiro atoms. The zero-order valence-corrected chi connectivity index (χ0v) is 17.6. The molecule has 0 radical (unpaired) electrons. The van der Waals surface area contributed by atoms with Gasteiger partial charge in [-0.05, 0) is 51.5 Å². The molecule has 3 N–H and O–H groups in total. The van der Waals surface area contributed by atoms with E-state index < -0.39 is 5.97 Å². The zero-order valence-electron chi connectivity index (χ0n) is 17.6. The van der Waals surface area contributed by atoms with Gasteiger partial charge in [0.1, 0.15) is 5.82 Å². The van der Waals surface area contributed by atoms with Crippen molar-refractivity contribution in [3.8, 4) is 0 Å². The molecule has 1 aliphatic heterocycles. The zero-order chi connectivity index (χ0) is 21.2. The van der Waals surface area contributed by atoms with Crippen molar-refractivity contribution in [2.75, 3.05) is 0 Å². The fourth-order valence-corrected chi connectivity index (χ4v) is 3.62. The second-order valence-corrected chi connectivity index (χ2v) is 7.97. The fourth-order valence-electron chi connectivity index (χ4n) is 3.62. The third kappa shape index (κ3) is 8.58. The molecule has 2 rings (SSSR count). The molecule has 29 heavy (non-hydrogen) atoms. The molecule has 1 amide bonds. The number of aliphatic imine (C=N–C) groups is 1. The van der Waals surface area contributed by atoms with Gasteiger partial charge >= 0.3 is 5.97 Å². The predicted molar refractivity (Wildman–Crippen MR) is 112 cm³/mol. The molecule has 0 fully saturated rings. The number of nitrogens with zero attached hydrogens (tertiary/aromatic N) is 3. The number of rotatable bonds is 10. The maximum absolute atomic E-state index is 12.1. The molecule has 1 aliphatic rings. The largest absolute Gasteiger partial charge is 0.481 e. The van der Waals surface area contributed by atoms with Gasteiger partial charge in [0.25, 0.3) is 0 Å².